The summed E-state index contributed by atoms with van der Waals surface area (Å²) in [5, 5.41) is 3.44. The number of pyridine rings is 2. The third-order valence-corrected chi connectivity index (χ3v) is 4.24. The van der Waals surface area contributed by atoms with Crippen LogP contribution in [0, 0.1) is 0 Å². The highest BCUT2D eigenvalue weighted by atomic mass is 15.1. The van der Waals surface area contributed by atoms with Crippen molar-refractivity contribution in [1.82, 2.24) is 19.9 Å². The number of rotatable bonds is 2. The van der Waals surface area contributed by atoms with Gasteiger partial charge in [-0.05, 0) is 56.3 Å². The van der Waals surface area contributed by atoms with E-state index in [4.69, 9.17) is 0 Å². The van der Waals surface area contributed by atoms with Gasteiger partial charge in [0.15, 0.2) is 0 Å². The van der Waals surface area contributed by atoms with Gasteiger partial charge in [0.05, 0.1) is 16.7 Å². The first-order chi connectivity index (χ1) is 10.4. The summed E-state index contributed by atoms with van der Waals surface area (Å²) in [6.45, 7) is 2.16. The van der Waals surface area contributed by atoms with Crippen LogP contribution in [0.5, 0.6) is 0 Å². The Bertz CT molecular complexity index is 742. The van der Waals surface area contributed by atoms with Crippen molar-refractivity contribution in [2.24, 2.45) is 0 Å². The molecule has 0 unspecified atom stereocenters. The van der Waals surface area contributed by atoms with E-state index in [1.807, 2.05) is 30.7 Å². The SMILES string of the molecule is c1cncc(-c2cc3ncccc3n2C2CCNCC2)c1. The minimum Gasteiger partial charge on any atom is -0.336 e. The standard InChI is InChI=1S/C17H18N4/c1-3-13(12-19-7-1)17-11-15-16(4-2-8-20-15)21(17)14-5-9-18-10-6-14/h1-4,7-8,11-12,14,18H,5-6,9-10H2. The molecule has 0 aliphatic carbocycles. The fraction of sp³-hybridized carbons (Fsp3) is 0.294. The van der Waals surface area contributed by atoms with E-state index in [2.05, 4.69) is 38.1 Å². The topological polar surface area (TPSA) is 42.7 Å². The van der Waals surface area contributed by atoms with Crippen molar-refractivity contribution in [3.63, 3.8) is 0 Å². The van der Waals surface area contributed by atoms with Crippen LogP contribution in [0.25, 0.3) is 22.3 Å². The molecule has 0 atom stereocenters. The highest BCUT2D eigenvalue weighted by Gasteiger charge is 2.21. The molecule has 1 saturated heterocycles. The molecule has 4 heteroatoms. The van der Waals surface area contributed by atoms with Crippen molar-refractivity contribution in [2.45, 2.75) is 18.9 Å². The number of hydrogen-bond donors (Lipinski definition) is 1. The third kappa shape index (κ3) is 2.21. The Morgan fingerprint density at radius 2 is 1.95 bits per heavy atom. The van der Waals surface area contributed by atoms with Crippen LogP contribution in [-0.2, 0) is 0 Å². The van der Waals surface area contributed by atoms with Gasteiger partial charge in [0.25, 0.3) is 0 Å². The van der Waals surface area contributed by atoms with Gasteiger partial charge in [0, 0.05) is 30.2 Å². The van der Waals surface area contributed by atoms with Crippen LogP contribution in [0.1, 0.15) is 18.9 Å². The lowest BCUT2D eigenvalue weighted by molar-refractivity contribution is 0.378. The summed E-state index contributed by atoms with van der Waals surface area (Å²) in [6, 6.07) is 11.0. The molecule has 4 rings (SSSR count). The van der Waals surface area contributed by atoms with Gasteiger partial charge in [-0.3, -0.25) is 9.97 Å². The molecule has 4 nitrogen and oxygen atoms in total. The molecule has 3 aromatic rings. The fourth-order valence-corrected chi connectivity index (χ4v) is 3.25. The van der Waals surface area contributed by atoms with E-state index in [1.54, 1.807) is 0 Å². The van der Waals surface area contributed by atoms with E-state index in [1.165, 1.54) is 11.2 Å². The lowest BCUT2D eigenvalue weighted by Gasteiger charge is -2.27. The van der Waals surface area contributed by atoms with Gasteiger partial charge in [-0.2, -0.15) is 0 Å². The number of piperidine rings is 1. The van der Waals surface area contributed by atoms with Crippen molar-refractivity contribution in [2.75, 3.05) is 13.1 Å². The van der Waals surface area contributed by atoms with Gasteiger partial charge in [-0.15, -0.1) is 0 Å². The van der Waals surface area contributed by atoms with E-state index < -0.39 is 0 Å². The zero-order valence-electron chi connectivity index (χ0n) is 11.9. The molecule has 0 saturated carbocycles. The number of nitrogens with one attached hydrogen (secondary N) is 1. The maximum atomic E-state index is 4.53. The Morgan fingerprint density at radius 1 is 1.10 bits per heavy atom. The summed E-state index contributed by atoms with van der Waals surface area (Å²) < 4.78 is 2.46. The Balaban J connectivity index is 1.92. The van der Waals surface area contributed by atoms with E-state index in [0.717, 1.165) is 37.0 Å². The highest BCUT2D eigenvalue weighted by Crippen LogP contribution is 2.33. The van der Waals surface area contributed by atoms with Crippen LogP contribution < -0.4 is 5.32 Å². The molecule has 4 heterocycles. The lowest BCUT2D eigenvalue weighted by Crippen LogP contribution is -2.29. The second-order valence-corrected chi connectivity index (χ2v) is 5.53. The predicted octanol–water partition coefficient (Wildman–Crippen LogP) is 3.02. The minimum atomic E-state index is 0.531. The molecule has 0 aromatic carbocycles. The van der Waals surface area contributed by atoms with Gasteiger partial charge in [-0.1, -0.05) is 0 Å². The zero-order chi connectivity index (χ0) is 14.1. The predicted molar refractivity (Wildman–Crippen MR) is 84.1 cm³/mol. The second-order valence-electron chi connectivity index (χ2n) is 5.53. The van der Waals surface area contributed by atoms with Crippen LogP contribution in [0.3, 0.4) is 0 Å². The fourth-order valence-electron chi connectivity index (χ4n) is 3.25. The van der Waals surface area contributed by atoms with Crippen molar-refractivity contribution in [1.29, 1.82) is 0 Å². The smallest absolute Gasteiger partial charge is 0.0887 e. The molecule has 0 amide bonds. The number of nitrogens with zero attached hydrogens (tertiary/aromatic N) is 3. The largest absolute Gasteiger partial charge is 0.336 e. The molecular formula is C17H18N4. The number of aromatic nitrogens is 3. The van der Waals surface area contributed by atoms with Crippen molar-refractivity contribution in [3.05, 3.63) is 48.9 Å². The summed E-state index contributed by atoms with van der Waals surface area (Å²) in [6.07, 6.45) is 7.94. The zero-order valence-corrected chi connectivity index (χ0v) is 11.9. The van der Waals surface area contributed by atoms with Crippen molar-refractivity contribution >= 4 is 11.0 Å². The molecule has 1 aliphatic heterocycles. The van der Waals surface area contributed by atoms with E-state index in [9.17, 15) is 0 Å². The Morgan fingerprint density at radius 3 is 2.76 bits per heavy atom. The maximum absolute atomic E-state index is 4.53. The van der Waals surface area contributed by atoms with E-state index in [-0.39, 0.29) is 0 Å². The van der Waals surface area contributed by atoms with Crippen LogP contribution in [-0.4, -0.2) is 27.6 Å². The lowest BCUT2D eigenvalue weighted by atomic mass is 10.1. The van der Waals surface area contributed by atoms with Gasteiger partial charge in [-0.25, -0.2) is 0 Å². The molecule has 106 valence electrons. The summed E-state index contributed by atoms with van der Waals surface area (Å²) in [5.74, 6) is 0. The second kappa shape index (κ2) is 5.30. The van der Waals surface area contributed by atoms with Crippen LogP contribution >= 0.6 is 0 Å². The van der Waals surface area contributed by atoms with Crippen LogP contribution in [0.2, 0.25) is 0 Å². The highest BCUT2D eigenvalue weighted by molar-refractivity contribution is 5.83. The first-order valence-electron chi connectivity index (χ1n) is 7.50. The Hall–Kier alpha value is -2.20. The molecule has 1 fully saturated rings. The Kier molecular flexibility index (Phi) is 3.16. The first-order valence-corrected chi connectivity index (χ1v) is 7.50. The quantitative estimate of drug-likeness (QED) is 0.783. The van der Waals surface area contributed by atoms with E-state index >= 15 is 0 Å². The third-order valence-electron chi connectivity index (χ3n) is 4.24. The molecule has 21 heavy (non-hydrogen) atoms. The van der Waals surface area contributed by atoms with Gasteiger partial charge in [0.2, 0.25) is 0 Å². The minimum absolute atomic E-state index is 0.531. The average molecular weight is 278 g/mol. The van der Waals surface area contributed by atoms with Crippen molar-refractivity contribution in [3.8, 4) is 11.3 Å². The van der Waals surface area contributed by atoms with E-state index in [0.29, 0.717) is 6.04 Å². The molecular weight excluding hydrogens is 260 g/mol. The van der Waals surface area contributed by atoms with Crippen molar-refractivity contribution < 1.29 is 0 Å². The van der Waals surface area contributed by atoms with Crippen LogP contribution in [0.15, 0.2) is 48.9 Å². The molecule has 1 aliphatic rings. The number of hydrogen-bond acceptors (Lipinski definition) is 3. The van der Waals surface area contributed by atoms with Crippen LogP contribution in [0.4, 0.5) is 0 Å². The van der Waals surface area contributed by atoms with Gasteiger partial charge in [0.1, 0.15) is 0 Å². The monoisotopic (exact) mass is 278 g/mol. The van der Waals surface area contributed by atoms with Gasteiger partial charge < -0.3 is 9.88 Å². The maximum Gasteiger partial charge on any atom is 0.0887 e. The Labute approximate surface area is 123 Å². The molecule has 0 spiro atoms. The first kappa shape index (κ1) is 12.5. The molecule has 0 bridgehead atoms. The normalized spacial score (nSPS) is 16.4. The molecule has 3 aromatic heterocycles. The summed E-state index contributed by atoms with van der Waals surface area (Å²) in [5.41, 5.74) is 4.68. The molecule has 1 N–H and O–H groups in total. The van der Waals surface area contributed by atoms with Gasteiger partial charge >= 0.3 is 0 Å². The summed E-state index contributed by atoms with van der Waals surface area (Å²) in [4.78, 5) is 8.80. The average Bonchev–Trinajstić information content (AvgIpc) is 2.96. The number of fused-ring (bicyclic) bond motifs is 1. The molecule has 0 radical (unpaired) electrons. The summed E-state index contributed by atoms with van der Waals surface area (Å²) in [7, 11) is 0. The summed E-state index contributed by atoms with van der Waals surface area (Å²) >= 11 is 0.